The summed E-state index contributed by atoms with van der Waals surface area (Å²) in [4.78, 5) is 29.9. The topological polar surface area (TPSA) is 40.6 Å². The normalized spacial score (nSPS) is 21.7. The van der Waals surface area contributed by atoms with Crippen molar-refractivity contribution in [2.24, 2.45) is 5.92 Å². The van der Waals surface area contributed by atoms with E-state index in [1.165, 1.54) is 31.7 Å². The summed E-state index contributed by atoms with van der Waals surface area (Å²) in [5.74, 6) is -1.73. The Labute approximate surface area is 171 Å². The average molecular weight is 405 g/mol. The lowest BCUT2D eigenvalue weighted by atomic mass is 9.92. The number of hydrogen-bond donors (Lipinski definition) is 0. The smallest absolute Gasteiger partial charge is 0.256 e. The fraction of sp³-hybridized carbons (Fsp3) is 0.652. The third-order valence-electron chi connectivity index (χ3n) is 6.98. The number of carbonyl (C=O) groups is 2. The predicted octanol–water partition coefficient (Wildman–Crippen LogP) is 4.53. The van der Waals surface area contributed by atoms with E-state index < -0.39 is 17.5 Å². The van der Waals surface area contributed by atoms with E-state index >= 15 is 0 Å². The van der Waals surface area contributed by atoms with Crippen LogP contribution < -0.4 is 0 Å². The Morgan fingerprint density at radius 1 is 0.862 bits per heavy atom. The highest BCUT2D eigenvalue weighted by Gasteiger charge is 2.38. The van der Waals surface area contributed by atoms with Crippen LogP contribution in [-0.2, 0) is 4.79 Å². The van der Waals surface area contributed by atoms with E-state index in [1.54, 1.807) is 4.90 Å². The summed E-state index contributed by atoms with van der Waals surface area (Å²) in [7, 11) is 0. The van der Waals surface area contributed by atoms with Gasteiger partial charge >= 0.3 is 0 Å². The molecule has 3 aliphatic rings. The molecule has 0 atom stereocenters. The molecule has 2 aliphatic carbocycles. The first-order valence-corrected chi connectivity index (χ1v) is 11.1. The Kier molecular flexibility index (Phi) is 6.16. The van der Waals surface area contributed by atoms with E-state index in [9.17, 15) is 18.4 Å². The van der Waals surface area contributed by atoms with E-state index in [0.717, 1.165) is 37.8 Å². The second-order valence-electron chi connectivity index (χ2n) is 8.81. The molecule has 4 rings (SSSR count). The number of piperidine rings is 1. The molecule has 0 spiro atoms. The Bertz CT molecular complexity index is 733. The minimum Gasteiger partial charge on any atom is -0.339 e. The molecule has 1 aromatic carbocycles. The lowest BCUT2D eigenvalue weighted by Crippen LogP contribution is -2.50. The van der Waals surface area contributed by atoms with Gasteiger partial charge in [-0.2, -0.15) is 0 Å². The van der Waals surface area contributed by atoms with Crippen molar-refractivity contribution in [2.75, 3.05) is 13.1 Å². The van der Waals surface area contributed by atoms with E-state index in [-0.39, 0.29) is 17.4 Å². The highest BCUT2D eigenvalue weighted by atomic mass is 19.1. The van der Waals surface area contributed by atoms with Gasteiger partial charge in [0.05, 0.1) is 5.56 Å². The van der Waals surface area contributed by atoms with Gasteiger partial charge in [0, 0.05) is 37.2 Å². The predicted molar refractivity (Wildman–Crippen MR) is 106 cm³/mol. The zero-order valence-electron chi connectivity index (χ0n) is 16.9. The number of hydrogen-bond acceptors (Lipinski definition) is 2. The molecule has 1 saturated heterocycles. The van der Waals surface area contributed by atoms with Gasteiger partial charge in [-0.1, -0.05) is 25.7 Å². The number of carbonyl (C=O) groups excluding carboxylic acids is 2. The van der Waals surface area contributed by atoms with Gasteiger partial charge in [-0.15, -0.1) is 0 Å². The maximum absolute atomic E-state index is 14.0. The molecule has 0 aromatic heterocycles. The molecular weight excluding hydrogens is 374 g/mol. The summed E-state index contributed by atoms with van der Waals surface area (Å²) >= 11 is 0. The summed E-state index contributed by atoms with van der Waals surface area (Å²) in [6, 6.07) is 3.82. The molecule has 1 heterocycles. The third-order valence-corrected chi connectivity index (χ3v) is 6.98. The fourth-order valence-corrected chi connectivity index (χ4v) is 5.40. The van der Waals surface area contributed by atoms with Gasteiger partial charge in [-0.05, 0) is 50.7 Å². The molecule has 4 nitrogen and oxygen atoms in total. The van der Waals surface area contributed by atoms with Crippen LogP contribution in [0.2, 0.25) is 0 Å². The van der Waals surface area contributed by atoms with Gasteiger partial charge < -0.3 is 9.80 Å². The minimum atomic E-state index is -0.832. The van der Waals surface area contributed by atoms with Gasteiger partial charge in [0.25, 0.3) is 5.91 Å². The van der Waals surface area contributed by atoms with E-state index in [0.29, 0.717) is 38.0 Å². The molecule has 1 aliphatic heterocycles. The lowest BCUT2D eigenvalue weighted by molar-refractivity contribution is -0.142. The molecule has 1 aromatic rings. The van der Waals surface area contributed by atoms with Gasteiger partial charge in [-0.25, -0.2) is 8.78 Å². The zero-order valence-corrected chi connectivity index (χ0v) is 16.9. The molecule has 3 fully saturated rings. The SMILES string of the molecule is O=C(c1ccc(F)cc1F)N1CCC(C(=O)N(C2CCCC2)C2CCCC2)CC1. The third kappa shape index (κ3) is 4.31. The van der Waals surface area contributed by atoms with Crippen LogP contribution in [0, 0.1) is 17.6 Å². The minimum absolute atomic E-state index is 0.0571. The van der Waals surface area contributed by atoms with Crippen LogP contribution in [0.25, 0.3) is 0 Å². The summed E-state index contributed by atoms with van der Waals surface area (Å²) in [6.45, 7) is 0.879. The lowest BCUT2D eigenvalue weighted by Gasteiger charge is -2.39. The second-order valence-corrected chi connectivity index (χ2v) is 8.81. The number of halogens is 2. The Balaban J connectivity index is 1.40. The van der Waals surface area contributed by atoms with Gasteiger partial charge in [-0.3, -0.25) is 9.59 Å². The highest BCUT2D eigenvalue weighted by Crippen LogP contribution is 2.34. The maximum Gasteiger partial charge on any atom is 0.256 e. The van der Waals surface area contributed by atoms with Crippen LogP contribution in [0.3, 0.4) is 0 Å². The van der Waals surface area contributed by atoms with Crippen LogP contribution in [0.5, 0.6) is 0 Å². The first-order chi connectivity index (χ1) is 14.0. The molecule has 0 bridgehead atoms. The van der Waals surface area contributed by atoms with Crippen LogP contribution in [0.4, 0.5) is 8.78 Å². The van der Waals surface area contributed by atoms with Gasteiger partial charge in [0.2, 0.25) is 5.91 Å². The van der Waals surface area contributed by atoms with Crippen molar-refractivity contribution < 1.29 is 18.4 Å². The largest absolute Gasteiger partial charge is 0.339 e. The first kappa shape index (κ1) is 20.3. The van der Waals surface area contributed by atoms with Crippen LogP contribution in [0.1, 0.15) is 74.6 Å². The Morgan fingerprint density at radius 3 is 1.93 bits per heavy atom. The van der Waals surface area contributed by atoms with E-state index in [1.807, 2.05) is 0 Å². The van der Waals surface area contributed by atoms with E-state index in [2.05, 4.69) is 4.90 Å². The van der Waals surface area contributed by atoms with Crippen molar-refractivity contribution in [1.82, 2.24) is 9.80 Å². The number of likely N-dealkylation sites (tertiary alicyclic amines) is 1. The van der Waals surface area contributed by atoms with Crippen molar-refractivity contribution in [1.29, 1.82) is 0 Å². The second kappa shape index (κ2) is 8.80. The Morgan fingerprint density at radius 2 is 1.41 bits per heavy atom. The molecule has 0 radical (unpaired) electrons. The fourth-order valence-electron chi connectivity index (χ4n) is 5.40. The van der Waals surface area contributed by atoms with Crippen molar-refractivity contribution >= 4 is 11.8 Å². The molecule has 0 N–H and O–H groups in total. The quantitative estimate of drug-likeness (QED) is 0.740. The van der Waals surface area contributed by atoms with Crippen LogP contribution in [0.15, 0.2) is 18.2 Å². The number of rotatable bonds is 4. The molecule has 158 valence electrons. The molecule has 0 unspecified atom stereocenters. The van der Waals surface area contributed by atoms with Gasteiger partial charge in [0.15, 0.2) is 0 Å². The van der Waals surface area contributed by atoms with Crippen molar-refractivity contribution in [3.63, 3.8) is 0 Å². The van der Waals surface area contributed by atoms with Crippen molar-refractivity contribution in [3.05, 3.63) is 35.4 Å². The molecular formula is C23H30F2N2O2. The Hall–Kier alpha value is -1.98. The monoisotopic (exact) mass is 404 g/mol. The molecule has 29 heavy (non-hydrogen) atoms. The van der Waals surface area contributed by atoms with Crippen molar-refractivity contribution in [2.45, 2.75) is 76.3 Å². The summed E-state index contributed by atoms with van der Waals surface area (Å²) < 4.78 is 27.1. The number of benzene rings is 1. The number of amides is 2. The highest BCUT2D eigenvalue weighted by molar-refractivity contribution is 5.94. The van der Waals surface area contributed by atoms with E-state index in [4.69, 9.17) is 0 Å². The maximum atomic E-state index is 14.0. The summed E-state index contributed by atoms with van der Waals surface area (Å²) in [5, 5.41) is 0. The molecule has 2 amide bonds. The molecule has 6 heteroatoms. The summed E-state index contributed by atoms with van der Waals surface area (Å²) in [6.07, 6.45) is 10.5. The standard InChI is InChI=1S/C23H30F2N2O2/c24-17-9-10-20(21(25)15-17)23(29)26-13-11-16(12-14-26)22(28)27(18-5-1-2-6-18)19-7-3-4-8-19/h9-10,15-16,18-19H,1-8,11-14H2. The van der Waals surface area contributed by atoms with Crippen LogP contribution >= 0.6 is 0 Å². The first-order valence-electron chi connectivity index (χ1n) is 11.1. The zero-order chi connectivity index (χ0) is 20.4. The average Bonchev–Trinajstić information content (AvgIpc) is 3.43. The number of nitrogens with zero attached hydrogens (tertiary/aromatic N) is 2. The van der Waals surface area contributed by atoms with Gasteiger partial charge in [0.1, 0.15) is 11.6 Å². The van der Waals surface area contributed by atoms with Crippen molar-refractivity contribution in [3.8, 4) is 0 Å². The summed E-state index contributed by atoms with van der Waals surface area (Å²) in [5.41, 5.74) is -0.102. The van der Waals surface area contributed by atoms with Crippen LogP contribution in [-0.4, -0.2) is 46.8 Å². The molecule has 2 saturated carbocycles.